The van der Waals surface area contributed by atoms with Crippen molar-refractivity contribution in [2.75, 3.05) is 10.6 Å². The fourth-order valence-corrected chi connectivity index (χ4v) is 4.11. The number of carbonyl (C=O) groups is 1. The van der Waals surface area contributed by atoms with Crippen molar-refractivity contribution in [3.8, 4) is 0 Å². The van der Waals surface area contributed by atoms with Crippen LogP contribution >= 0.6 is 11.9 Å². The van der Waals surface area contributed by atoms with Gasteiger partial charge in [0.1, 0.15) is 5.82 Å². The number of benzene rings is 3. The molecule has 3 N–H and O–H groups in total. The zero-order chi connectivity index (χ0) is 26.4. The number of para-hydroxylation sites is 1. The van der Waals surface area contributed by atoms with E-state index >= 15 is 0 Å². The molecule has 5 nitrogen and oxygen atoms in total. The predicted octanol–water partition coefficient (Wildman–Crippen LogP) is 7.34. The van der Waals surface area contributed by atoms with Gasteiger partial charge < -0.3 is 10.6 Å². The van der Waals surface area contributed by atoms with Crippen LogP contribution in [0, 0.1) is 12.7 Å². The minimum atomic E-state index is -4.79. The number of pyridine rings is 1. The summed E-state index contributed by atoms with van der Waals surface area (Å²) in [7, 11) is 0. The van der Waals surface area contributed by atoms with Crippen LogP contribution in [-0.2, 0) is 12.7 Å². The molecule has 0 aliphatic heterocycles. The van der Waals surface area contributed by atoms with Crippen LogP contribution in [0.1, 0.15) is 27.0 Å². The van der Waals surface area contributed by atoms with Crippen LogP contribution < -0.4 is 15.4 Å². The highest BCUT2D eigenvalue weighted by atomic mass is 32.2. The minimum Gasteiger partial charge on any atom is -0.338 e. The van der Waals surface area contributed by atoms with Gasteiger partial charge in [0.25, 0.3) is 5.91 Å². The number of carbonyl (C=O) groups excluding carboxylic acids is 1. The number of alkyl halides is 3. The molecule has 0 saturated heterocycles. The maximum atomic E-state index is 13.9. The van der Waals surface area contributed by atoms with Crippen molar-refractivity contribution in [3.63, 3.8) is 0 Å². The number of hydrogen-bond donors (Lipinski definition) is 3. The summed E-state index contributed by atoms with van der Waals surface area (Å²) in [4.78, 5) is 18.3. The molecule has 10 heteroatoms. The van der Waals surface area contributed by atoms with Gasteiger partial charge >= 0.3 is 6.18 Å². The van der Waals surface area contributed by atoms with Gasteiger partial charge in [-0.1, -0.05) is 36.4 Å². The SMILES string of the molecule is Cc1ccccc1Nc1ncc(CNSc2ccccc2)cc1NC(=O)c1cc(F)cc(C(F)(F)F)c1. The molecular formula is C27H22F4N4OS. The Balaban J connectivity index is 1.60. The van der Waals surface area contributed by atoms with Crippen LogP contribution in [-0.4, -0.2) is 10.9 Å². The van der Waals surface area contributed by atoms with Gasteiger partial charge in [0, 0.05) is 28.9 Å². The van der Waals surface area contributed by atoms with Crippen LogP contribution in [0.5, 0.6) is 0 Å². The van der Waals surface area contributed by atoms with Crippen molar-refractivity contribution in [1.82, 2.24) is 9.71 Å². The second-order valence-electron chi connectivity index (χ2n) is 8.10. The maximum Gasteiger partial charge on any atom is 0.416 e. The van der Waals surface area contributed by atoms with E-state index in [1.54, 1.807) is 12.3 Å². The van der Waals surface area contributed by atoms with E-state index in [0.29, 0.717) is 24.2 Å². The molecule has 190 valence electrons. The van der Waals surface area contributed by atoms with Gasteiger partial charge in [-0.05, 0) is 72.5 Å². The molecule has 0 aliphatic rings. The number of aromatic nitrogens is 1. The Morgan fingerprint density at radius 3 is 2.41 bits per heavy atom. The van der Waals surface area contributed by atoms with Crippen LogP contribution in [0.25, 0.3) is 0 Å². The first kappa shape index (κ1) is 26.2. The van der Waals surface area contributed by atoms with Crippen molar-refractivity contribution in [3.05, 3.63) is 113 Å². The Labute approximate surface area is 215 Å². The van der Waals surface area contributed by atoms with E-state index in [4.69, 9.17) is 0 Å². The summed E-state index contributed by atoms with van der Waals surface area (Å²) in [6.45, 7) is 2.28. The van der Waals surface area contributed by atoms with Gasteiger partial charge in [-0.2, -0.15) is 13.2 Å². The normalized spacial score (nSPS) is 11.3. The molecule has 1 heterocycles. The van der Waals surface area contributed by atoms with Crippen LogP contribution in [0.3, 0.4) is 0 Å². The molecule has 1 amide bonds. The second kappa shape index (κ2) is 11.4. The van der Waals surface area contributed by atoms with Crippen molar-refractivity contribution >= 4 is 35.0 Å². The molecule has 0 radical (unpaired) electrons. The summed E-state index contributed by atoms with van der Waals surface area (Å²) in [5, 5.41) is 5.74. The Bertz CT molecular complexity index is 1400. The topological polar surface area (TPSA) is 66.1 Å². The fourth-order valence-electron chi connectivity index (χ4n) is 3.41. The van der Waals surface area contributed by atoms with Crippen molar-refractivity contribution in [2.24, 2.45) is 0 Å². The molecule has 0 unspecified atom stereocenters. The fraction of sp³-hybridized carbons (Fsp3) is 0.111. The van der Waals surface area contributed by atoms with Gasteiger partial charge in [-0.3, -0.25) is 9.52 Å². The number of nitrogens with one attached hydrogen (secondary N) is 3. The van der Waals surface area contributed by atoms with E-state index in [-0.39, 0.29) is 11.5 Å². The van der Waals surface area contributed by atoms with Gasteiger partial charge in [0.2, 0.25) is 0 Å². The lowest BCUT2D eigenvalue weighted by atomic mass is 10.1. The number of hydrogen-bond acceptors (Lipinski definition) is 5. The first-order valence-corrected chi connectivity index (χ1v) is 12.0. The Kier molecular flexibility index (Phi) is 8.10. The van der Waals surface area contributed by atoms with Crippen LogP contribution in [0.15, 0.2) is 90.0 Å². The average molecular weight is 527 g/mol. The van der Waals surface area contributed by atoms with E-state index in [1.165, 1.54) is 11.9 Å². The molecule has 4 rings (SSSR count). The number of halogens is 4. The van der Waals surface area contributed by atoms with E-state index in [2.05, 4.69) is 20.3 Å². The largest absolute Gasteiger partial charge is 0.416 e. The highest BCUT2D eigenvalue weighted by Gasteiger charge is 2.32. The third-order valence-corrected chi connectivity index (χ3v) is 6.08. The highest BCUT2D eigenvalue weighted by molar-refractivity contribution is 7.97. The molecule has 0 bridgehead atoms. The van der Waals surface area contributed by atoms with Crippen LogP contribution in [0.2, 0.25) is 0 Å². The average Bonchev–Trinajstić information content (AvgIpc) is 2.86. The molecule has 0 spiro atoms. The van der Waals surface area contributed by atoms with E-state index in [1.807, 2.05) is 61.5 Å². The first-order valence-electron chi connectivity index (χ1n) is 11.1. The number of amides is 1. The summed E-state index contributed by atoms with van der Waals surface area (Å²) in [6.07, 6.45) is -3.17. The molecule has 0 atom stereocenters. The molecule has 0 fully saturated rings. The van der Waals surface area contributed by atoms with E-state index < -0.39 is 29.0 Å². The molecule has 0 aliphatic carbocycles. The van der Waals surface area contributed by atoms with E-state index in [9.17, 15) is 22.4 Å². The molecule has 4 aromatic rings. The summed E-state index contributed by atoms with van der Waals surface area (Å²) in [5.41, 5.74) is 0.897. The number of aryl methyl sites for hydroxylation is 1. The summed E-state index contributed by atoms with van der Waals surface area (Å²) < 4.78 is 56.6. The number of nitrogens with zero attached hydrogens (tertiary/aromatic N) is 1. The molecule has 3 aromatic carbocycles. The Hall–Kier alpha value is -3.89. The van der Waals surface area contributed by atoms with Gasteiger partial charge in [-0.15, -0.1) is 0 Å². The standard InChI is InChI=1S/C27H22F4N4OS/c1-17-7-5-6-10-23(17)34-25-24(11-18(15-32-25)16-33-37-22-8-3-2-4-9-22)35-26(36)19-12-20(27(29,30)31)14-21(28)13-19/h2-15,33H,16H2,1H3,(H,32,34)(H,35,36). The predicted molar refractivity (Wildman–Crippen MR) is 137 cm³/mol. The molecular weight excluding hydrogens is 504 g/mol. The molecule has 37 heavy (non-hydrogen) atoms. The lowest BCUT2D eigenvalue weighted by Gasteiger charge is -2.16. The summed E-state index contributed by atoms with van der Waals surface area (Å²) in [6, 6.07) is 20.5. The van der Waals surface area contributed by atoms with Gasteiger partial charge in [-0.25, -0.2) is 9.37 Å². The zero-order valence-electron chi connectivity index (χ0n) is 19.6. The molecule has 1 aromatic heterocycles. The van der Waals surface area contributed by atoms with Crippen molar-refractivity contribution < 1.29 is 22.4 Å². The maximum absolute atomic E-state index is 13.9. The third kappa shape index (κ3) is 7.08. The Morgan fingerprint density at radius 2 is 1.68 bits per heavy atom. The number of anilines is 3. The number of rotatable bonds is 8. The van der Waals surface area contributed by atoms with Gasteiger partial charge in [0.05, 0.1) is 11.3 Å². The van der Waals surface area contributed by atoms with E-state index in [0.717, 1.165) is 22.2 Å². The first-order chi connectivity index (χ1) is 17.7. The summed E-state index contributed by atoms with van der Waals surface area (Å²) in [5.74, 6) is -1.77. The van der Waals surface area contributed by atoms with Crippen LogP contribution in [0.4, 0.5) is 34.8 Å². The highest BCUT2D eigenvalue weighted by Crippen LogP contribution is 2.31. The zero-order valence-corrected chi connectivity index (χ0v) is 20.4. The van der Waals surface area contributed by atoms with Crippen molar-refractivity contribution in [2.45, 2.75) is 24.5 Å². The van der Waals surface area contributed by atoms with Gasteiger partial charge in [0.15, 0.2) is 5.82 Å². The minimum absolute atomic E-state index is 0.232. The lowest BCUT2D eigenvalue weighted by Crippen LogP contribution is -2.16. The third-order valence-electron chi connectivity index (χ3n) is 5.29. The lowest BCUT2D eigenvalue weighted by molar-refractivity contribution is -0.137. The Morgan fingerprint density at radius 1 is 0.946 bits per heavy atom. The smallest absolute Gasteiger partial charge is 0.338 e. The molecule has 0 saturated carbocycles. The quantitative estimate of drug-likeness (QED) is 0.166. The second-order valence-corrected chi connectivity index (χ2v) is 9.06. The summed E-state index contributed by atoms with van der Waals surface area (Å²) >= 11 is 1.42. The monoisotopic (exact) mass is 526 g/mol. The van der Waals surface area contributed by atoms with Crippen molar-refractivity contribution in [1.29, 1.82) is 0 Å².